The minimum Gasteiger partial charge on any atom is -0.478 e. The second-order valence-electron chi connectivity index (χ2n) is 4.22. The predicted molar refractivity (Wildman–Crippen MR) is 77.8 cm³/mol. The smallest absolute Gasteiger partial charge is 0.328 e. The van der Waals surface area contributed by atoms with Crippen LogP contribution in [0.2, 0.25) is 0 Å². The van der Waals surface area contributed by atoms with Crippen LogP contribution >= 0.6 is 0 Å². The third kappa shape index (κ3) is 3.73. The topological polar surface area (TPSA) is 92.2 Å². The lowest BCUT2D eigenvalue weighted by atomic mass is 10.0. The second kappa shape index (κ2) is 6.42. The molecule has 0 fully saturated rings. The van der Waals surface area contributed by atoms with Gasteiger partial charge in [-0.2, -0.15) is 0 Å². The highest BCUT2D eigenvalue weighted by Gasteiger charge is 2.11. The predicted octanol–water partition coefficient (Wildman–Crippen LogP) is 2.14. The molecule has 0 atom stereocenters. The van der Waals surface area contributed by atoms with Gasteiger partial charge in [-0.25, -0.2) is 14.8 Å². The quantitative estimate of drug-likeness (QED) is 0.839. The Morgan fingerprint density at radius 3 is 2.57 bits per heavy atom. The lowest BCUT2D eigenvalue weighted by molar-refractivity contribution is -0.131. The summed E-state index contributed by atoms with van der Waals surface area (Å²) in [5.41, 5.74) is 1.79. The molecule has 1 aromatic carbocycles. The third-order valence-electron chi connectivity index (χ3n) is 2.82. The fourth-order valence-corrected chi connectivity index (χ4v) is 1.77. The number of nitrogens with zero attached hydrogens (tertiary/aromatic N) is 2. The monoisotopic (exact) mass is 283 g/mol. The van der Waals surface area contributed by atoms with Crippen LogP contribution < -0.4 is 5.32 Å². The van der Waals surface area contributed by atoms with Gasteiger partial charge < -0.3 is 5.11 Å². The van der Waals surface area contributed by atoms with Crippen LogP contribution in [0, 0.1) is 6.92 Å². The molecule has 21 heavy (non-hydrogen) atoms. The summed E-state index contributed by atoms with van der Waals surface area (Å²) in [5, 5.41) is 11.2. The molecule has 0 aliphatic heterocycles. The van der Waals surface area contributed by atoms with Crippen molar-refractivity contribution in [3.8, 4) is 0 Å². The average molecular weight is 283 g/mol. The number of carbonyl (C=O) groups is 2. The molecule has 1 aromatic heterocycles. The van der Waals surface area contributed by atoms with Gasteiger partial charge in [-0.3, -0.25) is 10.1 Å². The molecule has 106 valence electrons. The Balaban J connectivity index is 2.26. The van der Waals surface area contributed by atoms with Crippen molar-refractivity contribution in [3.63, 3.8) is 0 Å². The normalized spacial score (nSPS) is 10.5. The molecule has 0 unspecified atom stereocenters. The van der Waals surface area contributed by atoms with Gasteiger partial charge in [0.05, 0.1) is 0 Å². The summed E-state index contributed by atoms with van der Waals surface area (Å²) < 4.78 is 0. The number of aliphatic carboxylic acids is 1. The van der Waals surface area contributed by atoms with Crippen LogP contribution in [0.5, 0.6) is 0 Å². The van der Waals surface area contributed by atoms with Crippen LogP contribution in [-0.2, 0) is 4.79 Å². The van der Waals surface area contributed by atoms with Crippen LogP contribution in [0.4, 0.5) is 5.95 Å². The largest absolute Gasteiger partial charge is 0.478 e. The van der Waals surface area contributed by atoms with E-state index in [1.54, 1.807) is 31.2 Å². The zero-order valence-electron chi connectivity index (χ0n) is 11.3. The van der Waals surface area contributed by atoms with E-state index in [-0.39, 0.29) is 11.9 Å². The van der Waals surface area contributed by atoms with Gasteiger partial charge >= 0.3 is 5.97 Å². The van der Waals surface area contributed by atoms with E-state index < -0.39 is 5.97 Å². The average Bonchev–Trinajstić information content (AvgIpc) is 2.47. The van der Waals surface area contributed by atoms with E-state index in [1.165, 1.54) is 18.5 Å². The highest BCUT2D eigenvalue weighted by molar-refractivity contribution is 6.05. The van der Waals surface area contributed by atoms with Gasteiger partial charge in [0.2, 0.25) is 5.95 Å². The Bertz CT molecular complexity index is 697. The highest BCUT2D eigenvalue weighted by atomic mass is 16.4. The lowest BCUT2D eigenvalue weighted by Crippen LogP contribution is -2.15. The molecule has 0 spiro atoms. The molecule has 0 saturated carbocycles. The van der Waals surface area contributed by atoms with E-state index >= 15 is 0 Å². The molecule has 0 aliphatic carbocycles. The Labute approximate surface area is 121 Å². The van der Waals surface area contributed by atoms with Gasteiger partial charge in [-0.05, 0) is 36.3 Å². The maximum atomic E-state index is 12.2. The van der Waals surface area contributed by atoms with E-state index in [9.17, 15) is 9.59 Å². The fourth-order valence-electron chi connectivity index (χ4n) is 1.77. The lowest BCUT2D eigenvalue weighted by Gasteiger charge is -2.08. The summed E-state index contributed by atoms with van der Waals surface area (Å²) in [4.78, 5) is 30.6. The molecule has 6 nitrogen and oxygen atoms in total. The molecular weight excluding hydrogens is 270 g/mol. The fraction of sp³-hybridized carbons (Fsp3) is 0.0667. The number of hydrogen-bond donors (Lipinski definition) is 2. The van der Waals surface area contributed by atoms with Crippen molar-refractivity contribution in [1.82, 2.24) is 9.97 Å². The maximum Gasteiger partial charge on any atom is 0.328 e. The summed E-state index contributed by atoms with van der Waals surface area (Å²) in [5.74, 6) is -1.17. The molecule has 1 heterocycles. The number of anilines is 1. The van der Waals surface area contributed by atoms with Crippen molar-refractivity contribution in [3.05, 3.63) is 59.4 Å². The number of hydrogen-bond acceptors (Lipinski definition) is 4. The van der Waals surface area contributed by atoms with Crippen molar-refractivity contribution in [2.24, 2.45) is 0 Å². The number of benzene rings is 1. The van der Waals surface area contributed by atoms with Crippen molar-refractivity contribution >= 4 is 23.9 Å². The van der Waals surface area contributed by atoms with Crippen molar-refractivity contribution in [2.45, 2.75) is 6.92 Å². The maximum absolute atomic E-state index is 12.2. The van der Waals surface area contributed by atoms with Crippen LogP contribution in [0.25, 0.3) is 6.08 Å². The number of carboxylic acid groups (broad SMARTS) is 1. The first-order valence-electron chi connectivity index (χ1n) is 6.17. The summed E-state index contributed by atoms with van der Waals surface area (Å²) >= 11 is 0. The van der Waals surface area contributed by atoms with Gasteiger partial charge in [0.1, 0.15) is 0 Å². The molecule has 1 amide bonds. The van der Waals surface area contributed by atoms with Gasteiger partial charge in [-0.1, -0.05) is 12.1 Å². The van der Waals surface area contributed by atoms with E-state index in [1.807, 2.05) is 0 Å². The molecule has 2 rings (SSSR count). The minimum absolute atomic E-state index is 0.216. The van der Waals surface area contributed by atoms with Crippen LogP contribution in [-0.4, -0.2) is 27.0 Å². The zero-order valence-corrected chi connectivity index (χ0v) is 11.3. The molecule has 2 N–H and O–H groups in total. The van der Waals surface area contributed by atoms with Gasteiger partial charge in [0.25, 0.3) is 5.91 Å². The van der Waals surface area contributed by atoms with Crippen LogP contribution in [0.15, 0.2) is 42.7 Å². The third-order valence-corrected chi connectivity index (χ3v) is 2.82. The Hall–Kier alpha value is -3.02. The first-order chi connectivity index (χ1) is 10.1. The number of amides is 1. The summed E-state index contributed by atoms with van der Waals surface area (Å²) in [6.45, 7) is 1.75. The number of carboxylic acids is 1. The first-order valence-corrected chi connectivity index (χ1v) is 6.17. The standard InChI is InChI=1S/C15H13N3O3/c1-10-11(6-7-13(19)20)4-2-5-12(10)14(21)18-15-16-8-3-9-17-15/h2-9H,1H3,(H,19,20)(H,16,17,18,21). The molecule has 0 saturated heterocycles. The van der Waals surface area contributed by atoms with Crippen LogP contribution in [0.3, 0.4) is 0 Å². The highest BCUT2D eigenvalue weighted by Crippen LogP contribution is 2.16. The molecule has 0 bridgehead atoms. The Morgan fingerprint density at radius 2 is 1.90 bits per heavy atom. The molecule has 0 radical (unpaired) electrons. The summed E-state index contributed by atoms with van der Waals surface area (Å²) in [6.07, 6.45) is 5.54. The zero-order chi connectivity index (χ0) is 15.2. The first kappa shape index (κ1) is 14.4. The van der Waals surface area contributed by atoms with Gasteiger partial charge in [0.15, 0.2) is 0 Å². The number of carbonyl (C=O) groups excluding carboxylic acids is 1. The Morgan fingerprint density at radius 1 is 1.19 bits per heavy atom. The summed E-state index contributed by atoms with van der Waals surface area (Å²) in [7, 11) is 0. The number of aromatic nitrogens is 2. The molecule has 2 aromatic rings. The van der Waals surface area contributed by atoms with Gasteiger partial charge in [-0.15, -0.1) is 0 Å². The van der Waals surface area contributed by atoms with E-state index in [0.717, 1.165) is 6.08 Å². The SMILES string of the molecule is Cc1c(C=CC(=O)O)cccc1C(=O)Nc1ncccn1. The van der Waals surface area contributed by atoms with Crippen molar-refractivity contribution in [1.29, 1.82) is 0 Å². The molecule has 6 heteroatoms. The number of nitrogens with one attached hydrogen (secondary N) is 1. The van der Waals surface area contributed by atoms with E-state index in [2.05, 4.69) is 15.3 Å². The van der Waals surface area contributed by atoms with Gasteiger partial charge in [0, 0.05) is 24.0 Å². The Kier molecular flexibility index (Phi) is 4.40. The molecular formula is C15H13N3O3. The second-order valence-corrected chi connectivity index (χ2v) is 4.22. The molecule has 0 aliphatic rings. The van der Waals surface area contributed by atoms with Crippen molar-refractivity contribution in [2.75, 3.05) is 5.32 Å². The van der Waals surface area contributed by atoms with E-state index in [4.69, 9.17) is 5.11 Å². The number of rotatable bonds is 4. The summed E-state index contributed by atoms with van der Waals surface area (Å²) in [6, 6.07) is 6.74. The van der Waals surface area contributed by atoms with E-state index in [0.29, 0.717) is 16.7 Å². The van der Waals surface area contributed by atoms with Crippen molar-refractivity contribution < 1.29 is 14.7 Å². The minimum atomic E-state index is -1.04. The van der Waals surface area contributed by atoms with Crippen LogP contribution in [0.1, 0.15) is 21.5 Å².